The molecule has 7 heteroatoms. The van der Waals surface area contributed by atoms with Crippen molar-refractivity contribution >= 4 is 40.4 Å². The average Bonchev–Trinajstić information content (AvgIpc) is 2.95. The van der Waals surface area contributed by atoms with Crippen LogP contribution in [-0.4, -0.2) is 47.7 Å². The molecule has 0 aliphatic heterocycles. The van der Waals surface area contributed by atoms with E-state index in [1.807, 2.05) is 42.5 Å². The molecule has 0 saturated carbocycles. The zero-order chi connectivity index (χ0) is 28.7. The molecule has 0 bridgehead atoms. The Labute approximate surface area is 242 Å². The highest BCUT2D eigenvalue weighted by Crippen LogP contribution is 2.28. The number of rotatable bonds is 16. The molecule has 1 amide bonds. The van der Waals surface area contributed by atoms with Crippen molar-refractivity contribution in [3.8, 4) is 0 Å². The molecule has 0 heterocycles. The normalized spacial score (nSPS) is 11.8. The molecule has 0 fully saturated rings. The molecule has 0 aromatic heterocycles. The standard InChI is InChI=1S/C33H41NO5S/c1-4-5-11-20-34(22-32(36)39-25(2)3)33(37)29(17-19-31(35)38-23-26-12-7-6-8-13-26)24-40-30-18-16-27-14-9-10-15-28(27)21-30/h6-10,12-16,18,21,25,29H,4-5,11,17,19-20,22-24H2,1-3H3. The first-order valence-corrected chi connectivity index (χ1v) is 15.1. The van der Waals surface area contributed by atoms with Gasteiger partial charge in [-0.2, -0.15) is 0 Å². The first-order chi connectivity index (χ1) is 19.4. The number of esters is 2. The Morgan fingerprint density at radius 1 is 0.875 bits per heavy atom. The molecule has 3 aromatic carbocycles. The number of thioether (sulfide) groups is 1. The number of fused-ring (bicyclic) bond motifs is 1. The van der Waals surface area contributed by atoms with Crippen molar-refractivity contribution in [3.05, 3.63) is 78.4 Å². The molecular formula is C33H41NO5S. The van der Waals surface area contributed by atoms with Crippen LogP contribution in [0.3, 0.4) is 0 Å². The lowest BCUT2D eigenvalue weighted by Gasteiger charge is -2.27. The molecule has 0 aliphatic rings. The van der Waals surface area contributed by atoms with E-state index < -0.39 is 11.9 Å². The van der Waals surface area contributed by atoms with Crippen LogP contribution < -0.4 is 0 Å². The van der Waals surface area contributed by atoms with Gasteiger partial charge in [0.25, 0.3) is 0 Å². The fraction of sp³-hybridized carbons (Fsp3) is 0.424. The zero-order valence-electron chi connectivity index (χ0n) is 23.8. The Hall–Kier alpha value is -3.32. The number of ether oxygens (including phenoxy) is 2. The summed E-state index contributed by atoms with van der Waals surface area (Å²) in [7, 11) is 0. The molecule has 1 unspecified atom stereocenters. The molecule has 3 aromatic rings. The van der Waals surface area contributed by atoms with E-state index in [2.05, 4.69) is 37.3 Å². The van der Waals surface area contributed by atoms with E-state index in [-0.39, 0.29) is 37.6 Å². The second-order valence-corrected chi connectivity index (χ2v) is 11.3. The van der Waals surface area contributed by atoms with Crippen molar-refractivity contribution in [2.24, 2.45) is 5.92 Å². The van der Waals surface area contributed by atoms with E-state index in [0.29, 0.717) is 18.7 Å². The summed E-state index contributed by atoms with van der Waals surface area (Å²) in [6, 6.07) is 23.9. The van der Waals surface area contributed by atoms with Gasteiger partial charge in [0, 0.05) is 29.5 Å². The number of amides is 1. The van der Waals surface area contributed by atoms with Gasteiger partial charge < -0.3 is 14.4 Å². The van der Waals surface area contributed by atoms with Gasteiger partial charge in [0.1, 0.15) is 13.2 Å². The molecule has 0 N–H and O–H groups in total. The number of hydrogen-bond acceptors (Lipinski definition) is 6. The van der Waals surface area contributed by atoms with Crippen LogP contribution in [0.5, 0.6) is 0 Å². The van der Waals surface area contributed by atoms with Crippen LogP contribution >= 0.6 is 11.8 Å². The molecule has 40 heavy (non-hydrogen) atoms. The van der Waals surface area contributed by atoms with E-state index in [9.17, 15) is 14.4 Å². The Morgan fingerprint density at radius 3 is 2.33 bits per heavy atom. The van der Waals surface area contributed by atoms with Crippen LogP contribution in [0.1, 0.15) is 58.4 Å². The van der Waals surface area contributed by atoms with Gasteiger partial charge in [0.15, 0.2) is 0 Å². The van der Waals surface area contributed by atoms with Crippen LogP contribution in [0.15, 0.2) is 77.7 Å². The minimum absolute atomic E-state index is 0.0870. The third kappa shape index (κ3) is 10.7. The van der Waals surface area contributed by atoms with E-state index in [1.54, 1.807) is 30.5 Å². The van der Waals surface area contributed by atoms with Crippen molar-refractivity contribution in [2.45, 2.75) is 70.5 Å². The summed E-state index contributed by atoms with van der Waals surface area (Å²) >= 11 is 1.59. The monoisotopic (exact) mass is 563 g/mol. The Balaban J connectivity index is 1.71. The maximum Gasteiger partial charge on any atom is 0.325 e. The molecule has 1 atom stereocenters. The van der Waals surface area contributed by atoms with Gasteiger partial charge in [-0.3, -0.25) is 14.4 Å². The second kappa shape index (κ2) is 16.7. The highest BCUT2D eigenvalue weighted by Gasteiger charge is 2.27. The largest absolute Gasteiger partial charge is 0.462 e. The Morgan fingerprint density at radius 2 is 1.60 bits per heavy atom. The number of hydrogen-bond donors (Lipinski definition) is 0. The van der Waals surface area contributed by atoms with Gasteiger partial charge in [-0.25, -0.2) is 0 Å². The lowest BCUT2D eigenvalue weighted by atomic mass is 10.0. The van der Waals surface area contributed by atoms with E-state index in [1.165, 1.54) is 0 Å². The van der Waals surface area contributed by atoms with Gasteiger partial charge in [-0.15, -0.1) is 11.8 Å². The van der Waals surface area contributed by atoms with Gasteiger partial charge in [0.2, 0.25) is 5.91 Å². The molecule has 0 radical (unpaired) electrons. The second-order valence-electron chi connectivity index (χ2n) is 10.2. The minimum atomic E-state index is -0.450. The quantitative estimate of drug-likeness (QED) is 0.106. The van der Waals surface area contributed by atoms with Crippen molar-refractivity contribution < 1.29 is 23.9 Å². The summed E-state index contributed by atoms with van der Waals surface area (Å²) in [5, 5.41) is 2.30. The van der Waals surface area contributed by atoms with Crippen LogP contribution in [0.25, 0.3) is 10.8 Å². The lowest BCUT2D eigenvalue weighted by molar-refractivity contribution is -0.154. The van der Waals surface area contributed by atoms with Gasteiger partial charge in [-0.05, 0) is 55.2 Å². The van der Waals surface area contributed by atoms with Gasteiger partial charge in [-0.1, -0.05) is 80.4 Å². The maximum atomic E-state index is 13.8. The minimum Gasteiger partial charge on any atom is -0.462 e. The van der Waals surface area contributed by atoms with E-state index in [4.69, 9.17) is 9.47 Å². The van der Waals surface area contributed by atoms with Crippen molar-refractivity contribution in [1.29, 1.82) is 0 Å². The number of carbonyl (C=O) groups excluding carboxylic acids is 3. The summed E-state index contributed by atoms with van der Waals surface area (Å²) in [4.78, 5) is 41.6. The van der Waals surface area contributed by atoms with Crippen molar-refractivity contribution in [1.82, 2.24) is 4.90 Å². The molecule has 6 nitrogen and oxygen atoms in total. The molecule has 0 spiro atoms. The zero-order valence-corrected chi connectivity index (χ0v) is 24.7. The van der Waals surface area contributed by atoms with E-state index in [0.717, 1.165) is 40.5 Å². The molecule has 214 valence electrons. The van der Waals surface area contributed by atoms with Gasteiger partial charge in [0.05, 0.1) is 6.10 Å². The van der Waals surface area contributed by atoms with Crippen molar-refractivity contribution in [2.75, 3.05) is 18.8 Å². The van der Waals surface area contributed by atoms with Gasteiger partial charge >= 0.3 is 11.9 Å². The van der Waals surface area contributed by atoms with Crippen molar-refractivity contribution in [3.63, 3.8) is 0 Å². The highest BCUT2D eigenvalue weighted by atomic mass is 32.2. The fourth-order valence-corrected chi connectivity index (χ4v) is 5.45. The Kier molecular flexibility index (Phi) is 13.0. The third-order valence-corrected chi connectivity index (χ3v) is 7.65. The molecular weight excluding hydrogens is 522 g/mol. The molecule has 0 saturated heterocycles. The van der Waals surface area contributed by atoms with Crippen LogP contribution in [0, 0.1) is 5.92 Å². The number of nitrogens with zero attached hydrogens (tertiary/aromatic N) is 1. The van der Waals surface area contributed by atoms with E-state index >= 15 is 0 Å². The predicted octanol–water partition coefficient (Wildman–Crippen LogP) is 7.04. The molecule has 0 aliphatic carbocycles. The average molecular weight is 564 g/mol. The lowest BCUT2D eigenvalue weighted by Crippen LogP contribution is -2.42. The summed E-state index contributed by atoms with van der Waals surface area (Å²) in [5.74, 6) is -0.834. The fourth-order valence-electron chi connectivity index (χ4n) is 4.37. The third-order valence-electron chi connectivity index (χ3n) is 6.49. The van der Waals surface area contributed by atoms with Crippen LogP contribution in [-0.2, 0) is 30.5 Å². The summed E-state index contributed by atoms with van der Waals surface area (Å²) in [5.41, 5.74) is 0.918. The summed E-state index contributed by atoms with van der Waals surface area (Å²) in [6.45, 7) is 6.29. The Bertz CT molecular complexity index is 1230. The summed E-state index contributed by atoms with van der Waals surface area (Å²) in [6.07, 6.45) is 3.00. The topological polar surface area (TPSA) is 72.9 Å². The SMILES string of the molecule is CCCCCN(CC(=O)OC(C)C)C(=O)C(CCC(=O)OCc1ccccc1)CSc1ccc2ccccc2c1. The first kappa shape index (κ1) is 31.2. The predicted molar refractivity (Wildman–Crippen MR) is 161 cm³/mol. The highest BCUT2D eigenvalue weighted by molar-refractivity contribution is 7.99. The van der Waals surface area contributed by atoms with Crippen LogP contribution in [0.4, 0.5) is 0 Å². The summed E-state index contributed by atoms with van der Waals surface area (Å²) < 4.78 is 10.8. The number of benzene rings is 3. The number of unbranched alkanes of at least 4 members (excludes halogenated alkanes) is 2. The number of carbonyl (C=O) groups is 3. The smallest absolute Gasteiger partial charge is 0.325 e. The van der Waals surface area contributed by atoms with Crippen LogP contribution in [0.2, 0.25) is 0 Å². The maximum absolute atomic E-state index is 13.8. The molecule has 3 rings (SSSR count). The first-order valence-electron chi connectivity index (χ1n) is 14.1.